The first-order valence-corrected chi connectivity index (χ1v) is 10.0. The number of aryl methyl sites for hydroxylation is 2. The van der Waals surface area contributed by atoms with Crippen LogP contribution in [0.2, 0.25) is 0 Å². The zero-order valence-electron chi connectivity index (χ0n) is 14.7. The van der Waals surface area contributed by atoms with Crippen molar-refractivity contribution in [3.05, 3.63) is 18.0 Å². The number of amides is 1. The summed E-state index contributed by atoms with van der Waals surface area (Å²) in [6.45, 7) is 4.10. The summed E-state index contributed by atoms with van der Waals surface area (Å²) >= 11 is 0. The molecule has 9 heteroatoms. The van der Waals surface area contributed by atoms with Gasteiger partial charge in [-0.05, 0) is 32.3 Å². The van der Waals surface area contributed by atoms with Crippen LogP contribution >= 0.6 is 0 Å². The van der Waals surface area contributed by atoms with Gasteiger partial charge in [-0.25, -0.2) is 13.4 Å². The minimum absolute atomic E-state index is 0.0686. The van der Waals surface area contributed by atoms with E-state index in [0.29, 0.717) is 31.5 Å². The molecule has 0 unspecified atom stereocenters. The molecule has 1 amide bonds. The molecular formula is C16H23N5O3S. The van der Waals surface area contributed by atoms with Crippen LogP contribution < -0.4 is 5.32 Å². The van der Waals surface area contributed by atoms with Gasteiger partial charge in [-0.2, -0.15) is 9.40 Å². The molecule has 1 atom stereocenters. The molecule has 0 aromatic carbocycles. The number of carbonyl (C=O) groups excluding carboxylic acids is 1. The number of anilines is 1. The van der Waals surface area contributed by atoms with Gasteiger partial charge in [0.1, 0.15) is 6.04 Å². The molecule has 8 nitrogen and oxygen atoms in total. The van der Waals surface area contributed by atoms with Crippen molar-refractivity contribution in [2.75, 3.05) is 17.6 Å². The molecule has 1 fully saturated rings. The molecule has 3 heterocycles. The van der Waals surface area contributed by atoms with Crippen LogP contribution in [-0.4, -0.2) is 51.7 Å². The topological polar surface area (TPSA) is 97.2 Å². The van der Waals surface area contributed by atoms with Gasteiger partial charge in [-0.15, -0.1) is 0 Å². The lowest BCUT2D eigenvalue weighted by molar-refractivity contribution is -0.119. The smallest absolute Gasteiger partial charge is 0.242 e. The molecule has 1 saturated heterocycles. The second kappa shape index (κ2) is 6.72. The zero-order chi connectivity index (χ0) is 18.2. The number of rotatable bonds is 5. The van der Waals surface area contributed by atoms with Crippen LogP contribution in [0.1, 0.15) is 31.9 Å². The number of fused-ring (bicyclic) bond motifs is 1. The van der Waals surface area contributed by atoms with Gasteiger partial charge in [0.2, 0.25) is 15.9 Å². The maximum absolute atomic E-state index is 12.6. The van der Waals surface area contributed by atoms with Crippen molar-refractivity contribution in [3.8, 4) is 0 Å². The van der Waals surface area contributed by atoms with E-state index < -0.39 is 16.1 Å². The van der Waals surface area contributed by atoms with E-state index in [-0.39, 0.29) is 11.7 Å². The van der Waals surface area contributed by atoms with Crippen molar-refractivity contribution in [2.24, 2.45) is 7.05 Å². The van der Waals surface area contributed by atoms with Crippen LogP contribution in [0.25, 0.3) is 11.0 Å². The van der Waals surface area contributed by atoms with E-state index >= 15 is 0 Å². The summed E-state index contributed by atoms with van der Waals surface area (Å²) in [5, 5.41) is 7.98. The van der Waals surface area contributed by atoms with Gasteiger partial charge in [-0.3, -0.25) is 9.48 Å². The highest BCUT2D eigenvalue weighted by Crippen LogP contribution is 2.24. The first-order chi connectivity index (χ1) is 11.8. The van der Waals surface area contributed by atoms with Crippen LogP contribution in [0.5, 0.6) is 0 Å². The van der Waals surface area contributed by atoms with E-state index in [4.69, 9.17) is 0 Å². The molecule has 136 valence electrons. The standard InChI is InChI=1S/C16H23N5O3S/c1-4-8-25(23,24)21-7-5-6-14(21)16(22)18-12-9-13-11(2)19-20(3)15(13)17-10-12/h9-10,14H,4-8H2,1-3H3,(H,18,22)/t14-/m1/s1. The number of nitrogens with one attached hydrogen (secondary N) is 1. The fourth-order valence-corrected chi connectivity index (χ4v) is 5.06. The highest BCUT2D eigenvalue weighted by molar-refractivity contribution is 7.89. The summed E-state index contributed by atoms with van der Waals surface area (Å²) < 4.78 is 27.7. The Balaban J connectivity index is 1.81. The largest absolute Gasteiger partial charge is 0.323 e. The third-order valence-electron chi connectivity index (χ3n) is 4.46. The van der Waals surface area contributed by atoms with Gasteiger partial charge in [0, 0.05) is 19.0 Å². The van der Waals surface area contributed by atoms with Crippen molar-refractivity contribution in [3.63, 3.8) is 0 Å². The predicted molar refractivity (Wildman–Crippen MR) is 95.7 cm³/mol. The van der Waals surface area contributed by atoms with E-state index in [1.165, 1.54) is 4.31 Å². The second-order valence-electron chi connectivity index (χ2n) is 6.38. The van der Waals surface area contributed by atoms with E-state index in [0.717, 1.165) is 16.7 Å². The minimum atomic E-state index is -3.39. The molecule has 0 bridgehead atoms. The summed E-state index contributed by atoms with van der Waals surface area (Å²) in [4.78, 5) is 17.0. The number of carbonyl (C=O) groups is 1. The number of nitrogens with zero attached hydrogens (tertiary/aromatic N) is 4. The van der Waals surface area contributed by atoms with Crippen LogP contribution in [0.4, 0.5) is 5.69 Å². The number of aromatic nitrogens is 3. The van der Waals surface area contributed by atoms with Crippen LogP contribution in [0.3, 0.4) is 0 Å². The number of pyridine rings is 1. The third-order valence-corrected chi connectivity index (χ3v) is 6.53. The average molecular weight is 365 g/mol. The molecule has 1 N–H and O–H groups in total. The number of sulfonamides is 1. The summed E-state index contributed by atoms with van der Waals surface area (Å²) in [6, 6.07) is 1.17. The van der Waals surface area contributed by atoms with Crippen molar-refractivity contribution >= 4 is 32.7 Å². The minimum Gasteiger partial charge on any atom is -0.323 e. The normalized spacial score (nSPS) is 18.8. The number of hydrogen-bond donors (Lipinski definition) is 1. The Labute approximate surface area is 147 Å². The quantitative estimate of drug-likeness (QED) is 0.864. The molecule has 0 aliphatic carbocycles. The SMILES string of the molecule is CCCS(=O)(=O)N1CCC[C@@H]1C(=O)Nc1cnc2c(c1)c(C)nn2C. The molecule has 0 saturated carbocycles. The van der Waals surface area contributed by atoms with E-state index in [1.54, 1.807) is 10.9 Å². The molecule has 2 aromatic heterocycles. The lowest BCUT2D eigenvalue weighted by atomic mass is 10.2. The molecule has 0 radical (unpaired) electrons. The Hall–Kier alpha value is -2.00. The Morgan fingerprint density at radius 3 is 2.92 bits per heavy atom. The maximum Gasteiger partial charge on any atom is 0.242 e. The maximum atomic E-state index is 12.6. The number of hydrogen-bond acceptors (Lipinski definition) is 5. The van der Waals surface area contributed by atoms with Crippen molar-refractivity contribution in [2.45, 2.75) is 39.2 Å². The first-order valence-electron chi connectivity index (χ1n) is 8.43. The van der Waals surface area contributed by atoms with Gasteiger partial charge < -0.3 is 5.32 Å². The van der Waals surface area contributed by atoms with E-state index in [9.17, 15) is 13.2 Å². The molecule has 1 aliphatic rings. The Bertz CT molecular complexity index is 906. The Morgan fingerprint density at radius 1 is 1.44 bits per heavy atom. The fourth-order valence-electron chi connectivity index (χ4n) is 3.31. The summed E-state index contributed by atoms with van der Waals surface area (Å²) in [7, 11) is -1.58. The van der Waals surface area contributed by atoms with E-state index in [1.807, 2.05) is 27.0 Å². The second-order valence-corrected chi connectivity index (χ2v) is 8.42. The molecule has 1 aliphatic heterocycles. The summed E-state index contributed by atoms with van der Waals surface area (Å²) in [6.07, 6.45) is 3.34. The monoisotopic (exact) mass is 365 g/mol. The van der Waals surface area contributed by atoms with Gasteiger partial charge >= 0.3 is 0 Å². The third kappa shape index (κ3) is 3.38. The van der Waals surface area contributed by atoms with Crippen LogP contribution in [-0.2, 0) is 21.9 Å². The zero-order valence-corrected chi connectivity index (χ0v) is 15.5. The summed E-state index contributed by atoms with van der Waals surface area (Å²) in [5.74, 6) is -0.237. The molecule has 0 spiro atoms. The Kier molecular flexibility index (Phi) is 4.79. The molecule has 3 rings (SSSR count). The van der Waals surface area contributed by atoms with E-state index in [2.05, 4.69) is 15.4 Å². The van der Waals surface area contributed by atoms with Crippen molar-refractivity contribution < 1.29 is 13.2 Å². The first kappa shape index (κ1) is 17.8. The highest BCUT2D eigenvalue weighted by Gasteiger charge is 2.38. The van der Waals surface area contributed by atoms with Gasteiger partial charge in [-0.1, -0.05) is 6.92 Å². The molecular weight excluding hydrogens is 342 g/mol. The van der Waals surface area contributed by atoms with Gasteiger partial charge in [0.15, 0.2) is 5.65 Å². The lowest BCUT2D eigenvalue weighted by Gasteiger charge is -2.23. The van der Waals surface area contributed by atoms with Gasteiger partial charge in [0.25, 0.3) is 0 Å². The van der Waals surface area contributed by atoms with Crippen LogP contribution in [0, 0.1) is 6.92 Å². The fraction of sp³-hybridized carbons (Fsp3) is 0.562. The highest BCUT2D eigenvalue weighted by atomic mass is 32.2. The van der Waals surface area contributed by atoms with Crippen molar-refractivity contribution in [1.29, 1.82) is 0 Å². The summed E-state index contributed by atoms with van der Waals surface area (Å²) in [5.41, 5.74) is 2.12. The molecule has 2 aromatic rings. The van der Waals surface area contributed by atoms with Crippen molar-refractivity contribution in [1.82, 2.24) is 19.1 Å². The van der Waals surface area contributed by atoms with Gasteiger partial charge in [0.05, 0.1) is 23.3 Å². The lowest BCUT2D eigenvalue weighted by Crippen LogP contribution is -2.44. The molecule has 25 heavy (non-hydrogen) atoms. The predicted octanol–water partition coefficient (Wildman–Crippen LogP) is 1.42. The van der Waals surface area contributed by atoms with Crippen LogP contribution in [0.15, 0.2) is 12.3 Å². The Morgan fingerprint density at radius 2 is 2.20 bits per heavy atom. The average Bonchev–Trinajstić information content (AvgIpc) is 3.14.